The van der Waals surface area contributed by atoms with Crippen molar-refractivity contribution in [3.05, 3.63) is 53.6 Å². The van der Waals surface area contributed by atoms with Crippen molar-refractivity contribution in [1.82, 2.24) is 15.5 Å². The number of anilines is 1. The van der Waals surface area contributed by atoms with Crippen LogP contribution in [0.4, 0.5) is 10.5 Å². The number of carbonyl (C=O) groups excluding carboxylic acids is 2. The SMILES string of the molecule is N#Cc1cccc(NC(=O)N2CCC3(CC2)NC(C(=O)NCc2ccc4c(c2)OCO4)CS3)c1. The first-order valence-electron chi connectivity index (χ1n) is 11.2. The van der Waals surface area contributed by atoms with Gasteiger partial charge in [-0.2, -0.15) is 5.26 Å². The number of ether oxygens (including phenoxy) is 2. The fourth-order valence-corrected chi connectivity index (χ4v) is 5.79. The Bertz CT molecular complexity index is 1140. The molecule has 0 saturated carbocycles. The van der Waals surface area contributed by atoms with E-state index < -0.39 is 0 Å². The first kappa shape index (κ1) is 22.4. The summed E-state index contributed by atoms with van der Waals surface area (Å²) in [6, 6.07) is 14.2. The summed E-state index contributed by atoms with van der Waals surface area (Å²) >= 11 is 1.76. The third kappa shape index (κ3) is 4.76. The van der Waals surface area contributed by atoms with Crippen LogP contribution >= 0.6 is 11.8 Å². The van der Waals surface area contributed by atoms with E-state index in [0.29, 0.717) is 42.4 Å². The minimum Gasteiger partial charge on any atom is -0.454 e. The Balaban J connectivity index is 1.10. The van der Waals surface area contributed by atoms with E-state index >= 15 is 0 Å². The summed E-state index contributed by atoms with van der Waals surface area (Å²) in [7, 11) is 0. The number of benzene rings is 2. The summed E-state index contributed by atoms with van der Waals surface area (Å²) in [6.07, 6.45) is 1.52. The van der Waals surface area contributed by atoms with E-state index in [1.54, 1.807) is 40.9 Å². The lowest BCUT2D eigenvalue weighted by Gasteiger charge is -2.39. The summed E-state index contributed by atoms with van der Waals surface area (Å²) in [5.41, 5.74) is 2.07. The minimum atomic E-state index is -0.270. The molecule has 3 aliphatic rings. The van der Waals surface area contributed by atoms with Gasteiger partial charge < -0.3 is 25.0 Å². The molecule has 0 radical (unpaired) electrons. The number of rotatable bonds is 4. The zero-order valence-electron chi connectivity index (χ0n) is 18.5. The van der Waals surface area contributed by atoms with Gasteiger partial charge in [-0.1, -0.05) is 12.1 Å². The molecule has 2 aromatic carbocycles. The minimum absolute atomic E-state index is 0.0282. The van der Waals surface area contributed by atoms with E-state index in [-0.39, 0.29) is 29.6 Å². The summed E-state index contributed by atoms with van der Waals surface area (Å²) in [6.45, 7) is 1.83. The van der Waals surface area contributed by atoms with Gasteiger partial charge in [0.15, 0.2) is 11.5 Å². The molecule has 2 aromatic rings. The van der Waals surface area contributed by atoms with Crippen LogP contribution in [0.2, 0.25) is 0 Å². The average Bonchev–Trinajstić information content (AvgIpc) is 3.50. The van der Waals surface area contributed by atoms with Crippen LogP contribution < -0.4 is 25.4 Å². The highest BCUT2D eigenvalue weighted by Gasteiger charge is 2.44. The van der Waals surface area contributed by atoms with Gasteiger partial charge in [0.2, 0.25) is 12.7 Å². The number of likely N-dealkylation sites (tertiary alicyclic amines) is 1. The maximum atomic E-state index is 12.8. The summed E-state index contributed by atoms with van der Waals surface area (Å²) < 4.78 is 10.7. The van der Waals surface area contributed by atoms with Gasteiger partial charge in [0, 0.05) is 31.1 Å². The Morgan fingerprint density at radius 2 is 2.00 bits per heavy atom. The molecule has 1 unspecified atom stereocenters. The normalized spacial score (nSPS) is 20.1. The number of carbonyl (C=O) groups is 2. The molecule has 3 amide bonds. The predicted octanol–water partition coefficient (Wildman–Crippen LogP) is 2.63. The van der Waals surface area contributed by atoms with Gasteiger partial charge in [0.25, 0.3) is 0 Å². The Kier molecular flexibility index (Phi) is 6.22. The Morgan fingerprint density at radius 3 is 2.82 bits per heavy atom. The van der Waals surface area contributed by atoms with Crippen molar-refractivity contribution in [2.75, 3.05) is 31.0 Å². The lowest BCUT2D eigenvalue weighted by atomic mass is 10.0. The molecule has 3 aliphatic heterocycles. The Morgan fingerprint density at radius 1 is 1.18 bits per heavy atom. The lowest BCUT2D eigenvalue weighted by molar-refractivity contribution is -0.122. The number of hydrogen-bond acceptors (Lipinski definition) is 7. The van der Waals surface area contributed by atoms with Crippen LogP contribution in [0.1, 0.15) is 24.0 Å². The van der Waals surface area contributed by atoms with E-state index in [1.165, 1.54) is 0 Å². The van der Waals surface area contributed by atoms with Crippen molar-refractivity contribution in [2.45, 2.75) is 30.3 Å². The molecule has 0 aromatic heterocycles. The fraction of sp³-hybridized carbons (Fsp3) is 0.375. The lowest BCUT2D eigenvalue weighted by Crippen LogP contribution is -2.54. The summed E-state index contributed by atoms with van der Waals surface area (Å²) in [4.78, 5) is 27.0. The van der Waals surface area contributed by atoms with Crippen LogP contribution in [-0.2, 0) is 11.3 Å². The maximum Gasteiger partial charge on any atom is 0.321 e. The molecular weight excluding hydrogens is 454 g/mol. The standard InChI is InChI=1S/C24H25N5O4S/c25-12-16-2-1-3-18(10-16)27-23(31)29-8-6-24(7-9-29)28-19(14-34-24)22(30)26-13-17-4-5-20-21(11-17)33-15-32-20/h1-5,10-11,19,28H,6-9,13-15H2,(H,26,30)(H,27,31). The summed E-state index contributed by atoms with van der Waals surface area (Å²) in [5.74, 6) is 2.09. The van der Waals surface area contributed by atoms with Crippen LogP contribution in [-0.4, -0.2) is 53.4 Å². The second-order valence-corrected chi connectivity index (χ2v) is 9.92. The molecule has 2 fully saturated rings. The van der Waals surface area contributed by atoms with Gasteiger partial charge in [-0.25, -0.2) is 4.79 Å². The molecule has 10 heteroatoms. The quantitative estimate of drug-likeness (QED) is 0.617. The van der Waals surface area contributed by atoms with Crippen LogP contribution in [0.5, 0.6) is 11.5 Å². The summed E-state index contributed by atoms with van der Waals surface area (Å²) in [5, 5.41) is 18.4. The van der Waals surface area contributed by atoms with Crippen LogP contribution in [0.15, 0.2) is 42.5 Å². The highest BCUT2D eigenvalue weighted by Crippen LogP contribution is 2.39. The van der Waals surface area contributed by atoms with E-state index in [9.17, 15) is 9.59 Å². The van der Waals surface area contributed by atoms with Gasteiger partial charge in [-0.05, 0) is 48.7 Å². The van der Waals surface area contributed by atoms with Crippen molar-refractivity contribution in [3.63, 3.8) is 0 Å². The number of piperidine rings is 1. The molecule has 3 N–H and O–H groups in total. The monoisotopic (exact) mass is 479 g/mol. The second-order valence-electron chi connectivity index (χ2n) is 8.52. The third-order valence-electron chi connectivity index (χ3n) is 6.29. The van der Waals surface area contributed by atoms with Crippen LogP contribution in [0, 0.1) is 11.3 Å². The molecule has 3 heterocycles. The number of nitrogens with zero attached hydrogens (tertiary/aromatic N) is 2. The number of urea groups is 1. The molecule has 0 aliphatic carbocycles. The number of amides is 3. The molecule has 1 atom stereocenters. The largest absolute Gasteiger partial charge is 0.454 e. The zero-order valence-corrected chi connectivity index (χ0v) is 19.3. The average molecular weight is 480 g/mol. The molecule has 1 spiro atoms. The molecular formula is C24H25N5O4S. The molecule has 2 saturated heterocycles. The Hall–Kier alpha value is -3.42. The van der Waals surface area contributed by atoms with Crippen molar-refractivity contribution in [1.29, 1.82) is 5.26 Å². The first-order chi connectivity index (χ1) is 16.5. The van der Waals surface area contributed by atoms with Gasteiger partial charge in [-0.3, -0.25) is 10.1 Å². The van der Waals surface area contributed by atoms with Gasteiger partial charge in [-0.15, -0.1) is 11.8 Å². The smallest absolute Gasteiger partial charge is 0.321 e. The molecule has 5 rings (SSSR count). The highest BCUT2D eigenvalue weighted by molar-refractivity contribution is 8.01. The fourth-order valence-electron chi connectivity index (χ4n) is 4.38. The molecule has 0 bridgehead atoms. The number of nitrogens with one attached hydrogen (secondary N) is 3. The van der Waals surface area contributed by atoms with E-state index in [0.717, 1.165) is 24.2 Å². The molecule has 9 nitrogen and oxygen atoms in total. The first-order valence-corrected chi connectivity index (χ1v) is 12.2. The van der Waals surface area contributed by atoms with E-state index in [4.69, 9.17) is 14.7 Å². The van der Waals surface area contributed by atoms with Gasteiger partial charge >= 0.3 is 6.03 Å². The maximum absolute atomic E-state index is 12.8. The van der Waals surface area contributed by atoms with Crippen molar-refractivity contribution in [2.24, 2.45) is 0 Å². The molecule has 176 valence electrons. The highest BCUT2D eigenvalue weighted by atomic mass is 32.2. The zero-order chi connectivity index (χ0) is 23.5. The molecule has 34 heavy (non-hydrogen) atoms. The van der Waals surface area contributed by atoms with Crippen molar-refractivity contribution >= 4 is 29.4 Å². The topological polar surface area (TPSA) is 116 Å². The van der Waals surface area contributed by atoms with Crippen LogP contribution in [0.25, 0.3) is 0 Å². The van der Waals surface area contributed by atoms with E-state index in [1.807, 2.05) is 18.2 Å². The van der Waals surface area contributed by atoms with Crippen molar-refractivity contribution < 1.29 is 19.1 Å². The van der Waals surface area contributed by atoms with Crippen LogP contribution in [0.3, 0.4) is 0 Å². The van der Waals surface area contributed by atoms with Crippen molar-refractivity contribution in [3.8, 4) is 17.6 Å². The number of nitriles is 1. The number of hydrogen-bond donors (Lipinski definition) is 3. The third-order valence-corrected chi connectivity index (χ3v) is 7.86. The second kappa shape index (κ2) is 9.44. The van der Waals surface area contributed by atoms with E-state index in [2.05, 4.69) is 22.0 Å². The number of fused-ring (bicyclic) bond motifs is 1. The van der Waals surface area contributed by atoms with Gasteiger partial charge in [0.1, 0.15) is 0 Å². The predicted molar refractivity (Wildman–Crippen MR) is 128 cm³/mol. The Labute approximate surface area is 201 Å². The van der Waals surface area contributed by atoms with Gasteiger partial charge in [0.05, 0.1) is 22.5 Å². The number of thioether (sulfide) groups is 1.